The first kappa shape index (κ1) is 37.7. The second-order valence-electron chi connectivity index (χ2n) is 13.9. The first-order valence-electron chi connectivity index (χ1n) is 15.8. The fourth-order valence-electron chi connectivity index (χ4n) is 5.05. The number of anilines is 2. The van der Waals surface area contributed by atoms with E-state index in [0.29, 0.717) is 25.3 Å². The summed E-state index contributed by atoms with van der Waals surface area (Å²) < 4.78 is 43.4. The Morgan fingerprint density at radius 1 is 1.02 bits per heavy atom. The number of carbonyl (C=O) groups is 2. The number of nitrogens with one attached hydrogen (secondary N) is 2. The van der Waals surface area contributed by atoms with E-state index >= 15 is 0 Å². The van der Waals surface area contributed by atoms with Crippen molar-refractivity contribution in [2.75, 3.05) is 36.5 Å². The van der Waals surface area contributed by atoms with Gasteiger partial charge in [0.25, 0.3) is 5.91 Å². The van der Waals surface area contributed by atoms with Crippen LogP contribution in [-0.2, 0) is 31.4 Å². The van der Waals surface area contributed by atoms with Gasteiger partial charge in [0.15, 0.2) is 5.75 Å². The summed E-state index contributed by atoms with van der Waals surface area (Å²) in [6.07, 6.45) is 4.06. The van der Waals surface area contributed by atoms with Crippen LogP contribution in [0.4, 0.5) is 16.2 Å². The van der Waals surface area contributed by atoms with Crippen molar-refractivity contribution in [2.24, 2.45) is 5.92 Å². The number of rotatable bonds is 10. The summed E-state index contributed by atoms with van der Waals surface area (Å²) in [4.78, 5) is 39.8. The van der Waals surface area contributed by atoms with Crippen LogP contribution in [0.15, 0.2) is 42.6 Å². The molecule has 1 saturated heterocycles. The van der Waals surface area contributed by atoms with Crippen molar-refractivity contribution in [3.63, 3.8) is 0 Å². The summed E-state index contributed by atoms with van der Waals surface area (Å²) in [5.74, 6) is 0.978. The maximum atomic E-state index is 13.5. The molecule has 1 amide bonds. The van der Waals surface area contributed by atoms with Crippen LogP contribution in [0, 0.1) is 5.92 Å². The molecule has 0 saturated carbocycles. The van der Waals surface area contributed by atoms with Gasteiger partial charge < -0.3 is 24.4 Å². The van der Waals surface area contributed by atoms with Gasteiger partial charge in [-0.15, -0.1) is 5.06 Å². The third-order valence-corrected chi connectivity index (χ3v) is 8.33. The highest BCUT2D eigenvalue weighted by Crippen LogP contribution is 2.39. The van der Waals surface area contributed by atoms with Gasteiger partial charge in [-0.25, -0.2) is 18.2 Å². The predicted octanol–water partition coefficient (Wildman–Crippen LogP) is 6.97. The number of hydrogen-bond acceptors (Lipinski definition) is 11. The summed E-state index contributed by atoms with van der Waals surface area (Å²) in [7, 11) is -2.25. The zero-order valence-corrected chi connectivity index (χ0v) is 30.6. The fourth-order valence-corrected chi connectivity index (χ4v) is 5.76. The molecule has 49 heavy (non-hydrogen) atoms. The summed E-state index contributed by atoms with van der Waals surface area (Å²) in [5, 5.41) is 4.72. The molecule has 0 spiro atoms. The van der Waals surface area contributed by atoms with Crippen molar-refractivity contribution >= 4 is 45.1 Å². The first-order valence-corrected chi connectivity index (χ1v) is 18.0. The number of hydroxylamine groups is 2. The number of benzene rings is 2. The number of hydrogen-bond donors (Lipinski definition) is 2. The lowest BCUT2D eigenvalue weighted by atomic mass is 9.86. The molecular weight excluding hydrogens is 674 g/mol. The Balaban J connectivity index is 1.45. The SMILES string of the molecule is COc1c(NC(=O)c2ccc(Cl)c(Oc3ccnc(CC4CCN(OC(=O)OC(C)(C)C)CC4)n3)c2)cc(C(C)(C)C)cc1NS(C)(=O)=O. The van der Waals surface area contributed by atoms with Crippen LogP contribution < -0.4 is 19.5 Å². The van der Waals surface area contributed by atoms with E-state index in [-0.39, 0.29) is 50.7 Å². The van der Waals surface area contributed by atoms with E-state index in [0.717, 1.165) is 24.7 Å². The Morgan fingerprint density at radius 3 is 2.31 bits per heavy atom. The summed E-state index contributed by atoms with van der Waals surface area (Å²) in [6.45, 7) is 12.4. The van der Waals surface area contributed by atoms with E-state index in [4.69, 9.17) is 30.6 Å². The number of nitrogens with zero attached hydrogens (tertiary/aromatic N) is 3. The molecule has 3 aromatic rings. The highest BCUT2D eigenvalue weighted by Gasteiger charge is 2.26. The highest BCUT2D eigenvalue weighted by atomic mass is 35.5. The zero-order chi connectivity index (χ0) is 36.1. The molecule has 4 rings (SSSR count). The van der Waals surface area contributed by atoms with Crippen molar-refractivity contribution < 1.29 is 37.1 Å². The van der Waals surface area contributed by atoms with Gasteiger partial charge in [-0.2, -0.15) is 4.98 Å². The lowest BCUT2D eigenvalue weighted by molar-refractivity contribution is -0.155. The fraction of sp³-hybridized carbons (Fsp3) is 0.471. The van der Waals surface area contributed by atoms with Gasteiger partial charge in [-0.3, -0.25) is 9.52 Å². The standard InChI is InChI=1S/C34H44ClN5O8S/c1-33(2,3)23-19-25(30(45-7)26(20-23)39-49(8,43)44)37-31(41)22-9-10-24(35)27(18-22)46-29-11-14-36-28(38-29)17-21-12-15-40(16-13-21)48-32(42)47-34(4,5)6/h9-11,14,18-21,39H,12-13,15-17H2,1-8H3,(H,37,41). The lowest BCUT2D eigenvalue weighted by Gasteiger charge is -2.30. The van der Waals surface area contributed by atoms with E-state index in [1.807, 2.05) is 20.8 Å². The number of piperidine rings is 1. The number of aromatic nitrogens is 2. The van der Waals surface area contributed by atoms with Gasteiger partial charge in [0.1, 0.15) is 17.2 Å². The summed E-state index contributed by atoms with van der Waals surface area (Å²) in [5.41, 5.74) is 0.489. The maximum Gasteiger partial charge on any atom is 0.528 e. The maximum absolute atomic E-state index is 13.5. The van der Waals surface area contributed by atoms with Crippen LogP contribution >= 0.6 is 11.6 Å². The van der Waals surface area contributed by atoms with E-state index < -0.39 is 27.7 Å². The third kappa shape index (κ3) is 11.2. The molecule has 2 heterocycles. The number of halogens is 1. The van der Waals surface area contributed by atoms with E-state index in [2.05, 4.69) is 20.0 Å². The summed E-state index contributed by atoms with van der Waals surface area (Å²) >= 11 is 6.46. The molecular formula is C34H44ClN5O8S. The topological polar surface area (TPSA) is 158 Å². The number of carbonyl (C=O) groups excluding carboxylic acids is 2. The lowest BCUT2D eigenvalue weighted by Crippen LogP contribution is -2.38. The zero-order valence-electron chi connectivity index (χ0n) is 29.0. The average Bonchev–Trinajstić information content (AvgIpc) is 2.97. The minimum Gasteiger partial charge on any atom is -0.492 e. The molecule has 0 aliphatic carbocycles. The number of methoxy groups -OCH3 is 1. The second kappa shape index (κ2) is 15.2. The van der Waals surface area contributed by atoms with Gasteiger partial charge in [-0.05, 0) is 80.8 Å². The van der Waals surface area contributed by atoms with Gasteiger partial charge in [0.05, 0.1) is 29.8 Å². The minimum atomic E-state index is -3.64. The van der Waals surface area contributed by atoms with Crippen molar-refractivity contribution in [1.29, 1.82) is 0 Å². The van der Waals surface area contributed by atoms with Crippen LogP contribution in [0.25, 0.3) is 0 Å². The minimum absolute atomic E-state index is 0.159. The Morgan fingerprint density at radius 2 is 1.69 bits per heavy atom. The van der Waals surface area contributed by atoms with Gasteiger partial charge in [0.2, 0.25) is 15.9 Å². The largest absolute Gasteiger partial charge is 0.528 e. The molecule has 1 aliphatic rings. The van der Waals surface area contributed by atoms with Crippen molar-refractivity contribution in [3.05, 3.63) is 64.6 Å². The molecule has 1 aromatic heterocycles. The molecule has 1 fully saturated rings. The molecule has 0 bridgehead atoms. The highest BCUT2D eigenvalue weighted by molar-refractivity contribution is 7.92. The predicted molar refractivity (Wildman–Crippen MR) is 187 cm³/mol. The van der Waals surface area contributed by atoms with Crippen LogP contribution in [0.3, 0.4) is 0 Å². The van der Waals surface area contributed by atoms with Crippen molar-refractivity contribution in [3.8, 4) is 17.4 Å². The summed E-state index contributed by atoms with van der Waals surface area (Å²) in [6, 6.07) is 9.62. The third-order valence-electron chi connectivity index (χ3n) is 7.43. The Bertz CT molecular complexity index is 1780. The van der Waals surface area contributed by atoms with Gasteiger partial charge >= 0.3 is 6.16 Å². The molecule has 0 radical (unpaired) electrons. The quantitative estimate of drug-likeness (QED) is 0.209. The molecule has 0 atom stereocenters. The Kier molecular flexibility index (Phi) is 11.7. The molecule has 0 unspecified atom stereocenters. The van der Waals surface area contributed by atoms with Crippen LogP contribution in [-0.4, -0.2) is 67.6 Å². The molecule has 1 aliphatic heterocycles. The molecule has 266 valence electrons. The average molecular weight is 718 g/mol. The monoisotopic (exact) mass is 717 g/mol. The van der Waals surface area contributed by atoms with Crippen LogP contribution in [0.1, 0.15) is 76.1 Å². The van der Waals surface area contributed by atoms with E-state index in [1.54, 1.807) is 62.4 Å². The van der Waals surface area contributed by atoms with E-state index in [1.165, 1.54) is 13.2 Å². The first-order chi connectivity index (χ1) is 22.8. The van der Waals surface area contributed by atoms with Crippen molar-refractivity contribution in [2.45, 2.75) is 71.8 Å². The molecule has 2 aromatic carbocycles. The molecule has 2 N–H and O–H groups in total. The van der Waals surface area contributed by atoms with Crippen molar-refractivity contribution in [1.82, 2.24) is 15.0 Å². The van der Waals surface area contributed by atoms with E-state index in [9.17, 15) is 18.0 Å². The number of ether oxygens (including phenoxy) is 3. The number of amides is 1. The Hall–Kier alpha value is -4.14. The van der Waals surface area contributed by atoms with Gasteiger partial charge in [-0.1, -0.05) is 32.4 Å². The Labute approximate surface area is 292 Å². The van der Waals surface area contributed by atoms with Crippen LogP contribution in [0.2, 0.25) is 5.02 Å². The number of sulfonamides is 1. The van der Waals surface area contributed by atoms with Crippen LogP contribution in [0.5, 0.6) is 17.4 Å². The normalized spacial score (nSPS) is 14.6. The smallest absolute Gasteiger partial charge is 0.492 e. The molecule has 13 nitrogen and oxygen atoms in total. The van der Waals surface area contributed by atoms with Gasteiger partial charge in [0, 0.05) is 37.3 Å². The molecule has 15 heteroatoms. The second-order valence-corrected chi connectivity index (χ2v) is 16.0.